The first kappa shape index (κ1) is 69.3. The summed E-state index contributed by atoms with van der Waals surface area (Å²) in [6.45, 7) is 3.80. The van der Waals surface area contributed by atoms with Gasteiger partial charge in [-0.15, -0.1) is 0 Å². The number of nitrogen functional groups attached to an aromatic ring is 1. The summed E-state index contributed by atoms with van der Waals surface area (Å²) in [6.07, 6.45) is 13.9. The van der Waals surface area contributed by atoms with Gasteiger partial charge in [0.05, 0.1) is 25.4 Å². The Hall–Kier alpha value is -2.92. The van der Waals surface area contributed by atoms with Crippen molar-refractivity contribution in [3.63, 3.8) is 0 Å². The standard InChI is InChI=1S/C54H95N3O19P2/c1-4-5-22-28-41(58)32-33-45-51(63)52(64)46-39-72-78(68,69)76-77(66,67)71-38-42(37-70-48(60)30-25-19-17-15-13-11-9-7-6-8-10-12-14-16-18-23-27-40(2)3)73-49(61)31-26-21-20-24-29-43(44(59)36-50(62)74-45)53(75-46)57-35-34-47(55)56-54(57)65/h20,24,32-35,40-46,50-53,58-59,62-64H,4-19,21-23,25-31,36-39H2,1-3H3,(H,66,67)(H,68,69)(H2,55,56,65)/b24-20?,33-32+/t41-,42+,43-,44-,45+,46+,50?,51-,52+,53+/m0/s1. The van der Waals surface area contributed by atoms with Crippen molar-refractivity contribution in [2.45, 2.75) is 249 Å². The number of nitrogens with two attached hydrogens (primary N) is 1. The van der Waals surface area contributed by atoms with Gasteiger partial charge in [-0.3, -0.25) is 23.2 Å². The molecule has 0 spiro atoms. The molecule has 0 amide bonds. The number of aromatic nitrogens is 2. The van der Waals surface area contributed by atoms with E-state index >= 15 is 0 Å². The molecule has 1 aromatic heterocycles. The Labute approximate surface area is 461 Å². The lowest BCUT2D eigenvalue weighted by Crippen LogP contribution is -2.49. The van der Waals surface area contributed by atoms with Crippen LogP contribution in [0, 0.1) is 11.8 Å². The van der Waals surface area contributed by atoms with Gasteiger partial charge >= 0.3 is 33.3 Å². The number of carbonyl (C=O) groups excluding carboxylic acids is 2. The maximum atomic E-state index is 13.4. The van der Waals surface area contributed by atoms with Crippen molar-refractivity contribution in [3.05, 3.63) is 47.1 Å². The van der Waals surface area contributed by atoms with E-state index < -0.39 is 121 Å². The van der Waals surface area contributed by atoms with Crippen molar-refractivity contribution in [1.82, 2.24) is 9.55 Å². The fraction of sp³-hybridized carbons (Fsp3) is 0.815. The number of anilines is 1. The van der Waals surface area contributed by atoms with E-state index in [-0.39, 0.29) is 37.9 Å². The molecule has 2 aliphatic heterocycles. The Morgan fingerprint density at radius 3 is 2.01 bits per heavy atom. The molecule has 0 aliphatic carbocycles. The molecule has 450 valence electrons. The molecule has 22 nitrogen and oxygen atoms in total. The number of hydrogen-bond donors (Lipinski definition) is 8. The van der Waals surface area contributed by atoms with Crippen molar-refractivity contribution < 1.29 is 86.3 Å². The molecule has 78 heavy (non-hydrogen) atoms. The number of cyclic esters (lactones) is 1. The van der Waals surface area contributed by atoms with Gasteiger partial charge in [0.1, 0.15) is 43.1 Å². The summed E-state index contributed by atoms with van der Waals surface area (Å²) in [4.78, 5) is 64.4. The van der Waals surface area contributed by atoms with Crippen LogP contribution in [0.15, 0.2) is 41.4 Å². The van der Waals surface area contributed by atoms with Crippen molar-refractivity contribution >= 4 is 33.4 Å². The molecule has 1 saturated heterocycles. The summed E-state index contributed by atoms with van der Waals surface area (Å²) in [6, 6.07) is 1.23. The number of ether oxygens (including phenoxy) is 4. The van der Waals surface area contributed by atoms with E-state index in [9.17, 15) is 58.8 Å². The quantitative estimate of drug-likeness (QED) is 0.0169. The third-order valence-corrected chi connectivity index (χ3v) is 16.4. The predicted molar refractivity (Wildman–Crippen MR) is 292 cm³/mol. The van der Waals surface area contributed by atoms with Gasteiger partial charge in [-0.2, -0.15) is 9.29 Å². The average Bonchev–Trinajstić information content (AvgIpc) is 3.38. The first-order valence-corrected chi connectivity index (χ1v) is 31.6. The van der Waals surface area contributed by atoms with Gasteiger partial charge in [-0.05, 0) is 44.1 Å². The normalized spacial score (nSPS) is 29.0. The van der Waals surface area contributed by atoms with Crippen LogP contribution in [0.5, 0.6) is 0 Å². The first-order chi connectivity index (χ1) is 37.2. The van der Waals surface area contributed by atoms with Crippen LogP contribution in [-0.2, 0) is 51.0 Å². The molecule has 1 aromatic rings. The summed E-state index contributed by atoms with van der Waals surface area (Å²) in [5, 5.41) is 56.9. The minimum atomic E-state index is -5.73. The zero-order valence-electron chi connectivity index (χ0n) is 46.4. The predicted octanol–water partition coefficient (Wildman–Crippen LogP) is 8.53. The van der Waals surface area contributed by atoms with Crippen LogP contribution in [0.25, 0.3) is 0 Å². The number of fused-ring (bicyclic) bond motifs is 3. The highest BCUT2D eigenvalue weighted by atomic mass is 31.3. The highest BCUT2D eigenvalue weighted by molar-refractivity contribution is 7.61. The highest BCUT2D eigenvalue weighted by Crippen LogP contribution is 2.60. The van der Waals surface area contributed by atoms with E-state index in [1.54, 1.807) is 12.2 Å². The third kappa shape index (κ3) is 29.7. The van der Waals surface area contributed by atoms with E-state index in [1.165, 1.54) is 95.3 Å². The summed E-state index contributed by atoms with van der Waals surface area (Å²) in [5.74, 6) is -2.03. The molecule has 0 saturated carbocycles. The number of allylic oxidation sites excluding steroid dienone is 2. The summed E-state index contributed by atoms with van der Waals surface area (Å²) < 4.78 is 64.8. The number of aliphatic hydroxyl groups is 5. The Morgan fingerprint density at radius 1 is 0.821 bits per heavy atom. The van der Waals surface area contributed by atoms with Crippen LogP contribution in [0.4, 0.5) is 5.82 Å². The molecule has 24 heteroatoms. The number of aliphatic hydroxyl groups excluding tert-OH is 5. The van der Waals surface area contributed by atoms with Gasteiger partial charge in [-0.25, -0.2) is 13.9 Å². The smallest absolute Gasteiger partial charge is 0.462 e. The zero-order valence-corrected chi connectivity index (χ0v) is 48.2. The summed E-state index contributed by atoms with van der Waals surface area (Å²) >= 11 is 0. The number of phosphoric ester groups is 2. The number of hydrogen-bond acceptors (Lipinski definition) is 19. The van der Waals surface area contributed by atoms with Gasteiger partial charge in [0.25, 0.3) is 0 Å². The molecule has 2 bridgehead atoms. The van der Waals surface area contributed by atoms with Crippen LogP contribution in [-0.4, -0.2) is 126 Å². The van der Waals surface area contributed by atoms with Crippen LogP contribution in [0.2, 0.25) is 0 Å². The number of phosphoric acid groups is 2. The molecule has 3 rings (SSSR count). The van der Waals surface area contributed by atoms with Crippen molar-refractivity contribution in [2.75, 3.05) is 25.6 Å². The Balaban J connectivity index is 1.69. The van der Waals surface area contributed by atoms with E-state index in [1.807, 2.05) is 6.92 Å². The minimum absolute atomic E-state index is 0.0777. The van der Waals surface area contributed by atoms with Crippen molar-refractivity contribution in [3.8, 4) is 0 Å². The molecular formula is C54H95N3O19P2. The summed E-state index contributed by atoms with van der Waals surface area (Å²) in [5.41, 5.74) is 4.76. The number of carbonyl (C=O) groups is 2. The maximum absolute atomic E-state index is 13.4. The molecule has 1 fully saturated rings. The second-order valence-electron chi connectivity index (χ2n) is 21.2. The Kier molecular flexibility index (Phi) is 34.4. The van der Waals surface area contributed by atoms with Crippen molar-refractivity contribution in [1.29, 1.82) is 0 Å². The first-order valence-electron chi connectivity index (χ1n) is 28.6. The zero-order chi connectivity index (χ0) is 57.4. The molecular weight excluding hydrogens is 1060 g/mol. The highest BCUT2D eigenvalue weighted by Gasteiger charge is 2.44. The lowest BCUT2D eigenvalue weighted by Gasteiger charge is -2.36. The fourth-order valence-electron chi connectivity index (χ4n) is 9.24. The lowest BCUT2D eigenvalue weighted by atomic mass is 9.92. The van der Waals surface area contributed by atoms with Crippen molar-refractivity contribution in [2.24, 2.45) is 11.8 Å². The van der Waals surface area contributed by atoms with Gasteiger partial charge in [0, 0.05) is 31.4 Å². The average molecular weight is 1150 g/mol. The van der Waals surface area contributed by atoms with Crippen LogP contribution < -0.4 is 11.4 Å². The minimum Gasteiger partial charge on any atom is -0.462 e. The van der Waals surface area contributed by atoms with E-state index in [2.05, 4.69) is 23.1 Å². The second-order valence-corrected chi connectivity index (χ2v) is 24.2. The Bertz CT molecular complexity index is 2050. The Morgan fingerprint density at radius 2 is 1.41 bits per heavy atom. The molecule has 0 radical (unpaired) electrons. The number of nitrogens with zero attached hydrogens (tertiary/aromatic N) is 2. The van der Waals surface area contributed by atoms with Crippen LogP contribution >= 0.6 is 15.6 Å². The molecule has 2 aliphatic rings. The van der Waals surface area contributed by atoms with Crippen LogP contribution in [0.1, 0.15) is 200 Å². The maximum Gasteiger partial charge on any atom is 0.481 e. The molecule has 9 N–H and O–H groups in total. The summed E-state index contributed by atoms with van der Waals surface area (Å²) in [7, 11) is -11.3. The lowest BCUT2D eigenvalue weighted by molar-refractivity contribution is -0.192. The van der Waals surface area contributed by atoms with Gasteiger partial charge < -0.3 is 60.0 Å². The monoisotopic (exact) mass is 1150 g/mol. The van der Waals surface area contributed by atoms with Gasteiger partial charge in [-0.1, -0.05) is 167 Å². The van der Waals surface area contributed by atoms with Gasteiger partial charge in [0.15, 0.2) is 12.4 Å². The third-order valence-electron chi connectivity index (χ3n) is 13.8. The van der Waals surface area contributed by atoms with Crippen LogP contribution in [0.3, 0.4) is 0 Å². The fourth-order valence-corrected chi connectivity index (χ4v) is 11.3. The second kappa shape index (κ2) is 38.7. The molecule has 0 aromatic carbocycles. The largest absolute Gasteiger partial charge is 0.481 e. The van der Waals surface area contributed by atoms with E-state index in [4.69, 9.17) is 33.7 Å². The van der Waals surface area contributed by atoms with E-state index in [0.29, 0.717) is 19.3 Å². The topological polar surface area (TPSA) is 335 Å². The number of rotatable bonds is 28. The van der Waals surface area contributed by atoms with E-state index in [0.717, 1.165) is 55.2 Å². The van der Waals surface area contributed by atoms with Gasteiger partial charge in [0.2, 0.25) is 0 Å². The molecule has 3 heterocycles. The molecule has 12 atom stereocenters. The SMILES string of the molecule is CCCCC[C@H](O)/C=C/[C@H]1OC(O)C[C@H](O)[C@@H]2CC=CCCCC(=O)O[C@H](COC(=O)CCCCCCCCCCCCCCCCCCC(C)C)COP(=O)(O)OP(=O)(O)OC[C@@H](O[C@H]2n2ccc(N)nc2=O)[C@@H](O)[C@H]1O. The molecule has 3 unspecified atom stereocenters. The number of unbranched alkanes of at least 4 members (excludes halogenated alkanes) is 17. The number of esters is 2.